The lowest BCUT2D eigenvalue weighted by Gasteiger charge is -2.02. The molecule has 1 aromatic heterocycles. The molecule has 0 fully saturated rings. The molecule has 1 rings (SSSR count). The minimum Gasteiger partial charge on any atom is -0.397 e. The number of nitrogen functional groups attached to an aromatic ring is 1. The molecule has 0 amide bonds. The first-order chi connectivity index (χ1) is 5.84. The van der Waals surface area contributed by atoms with Gasteiger partial charge in [0.25, 0.3) is 0 Å². The summed E-state index contributed by atoms with van der Waals surface area (Å²) in [7, 11) is 0. The molecule has 0 spiro atoms. The highest BCUT2D eigenvalue weighted by Gasteiger charge is 1.98. The number of pyridine rings is 1. The SMILES string of the molecule is CCOCSc1ncccc1N. The van der Waals surface area contributed by atoms with Crippen LogP contribution in [0.2, 0.25) is 0 Å². The van der Waals surface area contributed by atoms with Crippen LogP contribution in [0.1, 0.15) is 6.92 Å². The van der Waals surface area contributed by atoms with Crippen LogP contribution < -0.4 is 5.73 Å². The fourth-order valence-electron chi connectivity index (χ4n) is 0.705. The number of aromatic nitrogens is 1. The van der Waals surface area contributed by atoms with Gasteiger partial charge < -0.3 is 10.5 Å². The summed E-state index contributed by atoms with van der Waals surface area (Å²) in [6.07, 6.45) is 1.73. The second kappa shape index (κ2) is 5.00. The Morgan fingerprint density at radius 1 is 1.67 bits per heavy atom. The second-order valence-corrected chi connectivity index (χ2v) is 3.06. The van der Waals surface area contributed by atoms with Gasteiger partial charge in [0.2, 0.25) is 0 Å². The first kappa shape index (κ1) is 9.35. The topological polar surface area (TPSA) is 48.1 Å². The van der Waals surface area contributed by atoms with Gasteiger partial charge in [-0.2, -0.15) is 0 Å². The Balaban J connectivity index is 2.46. The summed E-state index contributed by atoms with van der Waals surface area (Å²) in [4.78, 5) is 4.11. The molecular formula is C8H12N2OS. The number of hydrogen-bond donors (Lipinski definition) is 1. The fourth-order valence-corrected chi connectivity index (χ4v) is 1.44. The second-order valence-electron chi connectivity index (χ2n) is 2.15. The largest absolute Gasteiger partial charge is 0.397 e. The van der Waals surface area contributed by atoms with Crippen LogP contribution in [0.25, 0.3) is 0 Å². The van der Waals surface area contributed by atoms with Crippen molar-refractivity contribution >= 4 is 17.4 Å². The quantitative estimate of drug-likeness (QED) is 0.440. The Morgan fingerprint density at radius 3 is 3.17 bits per heavy atom. The highest BCUT2D eigenvalue weighted by Crippen LogP contribution is 2.20. The Bertz CT molecular complexity index is 242. The highest BCUT2D eigenvalue weighted by molar-refractivity contribution is 7.99. The summed E-state index contributed by atoms with van der Waals surface area (Å²) in [5, 5.41) is 0.839. The molecule has 4 heteroatoms. The van der Waals surface area contributed by atoms with E-state index in [4.69, 9.17) is 10.5 Å². The molecule has 66 valence electrons. The maximum absolute atomic E-state index is 5.66. The average Bonchev–Trinajstić information content (AvgIpc) is 2.09. The predicted molar refractivity (Wildman–Crippen MR) is 51.0 cm³/mol. The molecule has 0 unspecified atom stereocenters. The van der Waals surface area contributed by atoms with Crippen LogP contribution in [0.3, 0.4) is 0 Å². The Kier molecular flexibility index (Phi) is 3.90. The van der Waals surface area contributed by atoms with Crippen molar-refractivity contribution in [3.8, 4) is 0 Å². The smallest absolute Gasteiger partial charge is 0.121 e. The molecule has 0 aliphatic rings. The molecule has 0 aromatic carbocycles. The van der Waals surface area contributed by atoms with E-state index in [1.165, 1.54) is 11.8 Å². The summed E-state index contributed by atoms with van der Waals surface area (Å²) >= 11 is 1.51. The average molecular weight is 184 g/mol. The van der Waals surface area contributed by atoms with E-state index in [-0.39, 0.29) is 0 Å². The van der Waals surface area contributed by atoms with Crippen LogP contribution in [0, 0.1) is 0 Å². The van der Waals surface area contributed by atoms with E-state index < -0.39 is 0 Å². The fraction of sp³-hybridized carbons (Fsp3) is 0.375. The lowest BCUT2D eigenvalue weighted by molar-refractivity contribution is 0.199. The Morgan fingerprint density at radius 2 is 2.50 bits per heavy atom. The molecule has 0 radical (unpaired) electrons. The van der Waals surface area contributed by atoms with Gasteiger partial charge in [-0.3, -0.25) is 0 Å². The maximum Gasteiger partial charge on any atom is 0.121 e. The van der Waals surface area contributed by atoms with Crippen molar-refractivity contribution in [3.05, 3.63) is 18.3 Å². The number of nitrogens with zero attached hydrogens (tertiary/aromatic N) is 1. The van der Waals surface area contributed by atoms with E-state index in [0.717, 1.165) is 11.6 Å². The van der Waals surface area contributed by atoms with E-state index in [1.54, 1.807) is 6.20 Å². The van der Waals surface area contributed by atoms with E-state index in [2.05, 4.69) is 4.98 Å². The third-order valence-electron chi connectivity index (χ3n) is 1.28. The third-order valence-corrected chi connectivity index (χ3v) is 2.18. The van der Waals surface area contributed by atoms with Gasteiger partial charge >= 0.3 is 0 Å². The van der Waals surface area contributed by atoms with Crippen LogP contribution in [0.4, 0.5) is 5.69 Å². The standard InChI is InChI=1S/C8H12N2OS/c1-2-11-6-12-8-7(9)4-3-5-10-8/h3-5H,2,6,9H2,1H3. The zero-order chi connectivity index (χ0) is 8.81. The lowest BCUT2D eigenvalue weighted by atomic mass is 10.4. The van der Waals surface area contributed by atoms with Gasteiger partial charge in [-0.05, 0) is 19.1 Å². The monoisotopic (exact) mass is 184 g/mol. The van der Waals surface area contributed by atoms with Crippen molar-refractivity contribution in [2.45, 2.75) is 11.9 Å². The van der Waals surface area contributed by atoms with Crippen LogP contribution in [0.15, 0.2) is 23.4 Å². The summed E-state index contributed by atoms with van der Waals surface area (Å²) in [6, 6.07) is 3.65. The Labute approximate surface area is 76.3 Å². The van der Waals surface area contributed by atoms with Crippen molar-refractivity contribution in [1.82, 2.24) is 4.98 Å². The molecule has 0 aliphatic carbocycles. The van der Waals surface area contributed by atoms with Crippen molar-refractivity contribution in [2.24, 2.45) is 0 Å². The van der Waals surface area contributed by atoms with Crippen molar-refractivity contribution < 1.29 is 4.74 Å². The van der Waals surface area contributed by atoms with Gasteiger partial charge in [0.1, 0.15) is 5.03 Å². The molecule has 0 aliphatic heterocycles. The number of anilines is 1. The van der Waals surface area contributed by atoms with Gasteiger partial charge in [0.15, 0.2) is 0 Å². The molecule has 3 nitrogen and oxygen atoms in total. The molecule has 1 aromatic rings. The van der Waals surface area contributed by atoms with Crippen molar-refractivity contribution in [1.29, 1.82) is 0 Å². The number of thioether (sulfide) groups is 1. The van der Waals surface area contributed by atoms with Gasteiger partial charge in [-0.1, -0.05) is 11.8 Å². The minimum absolute atomic E-state index is 0.609. The number of ether oxygens (including phenoxy) is 1. The summed E-state index contributed by atoms with van der Waals surface area (Å²) in [5.41, 5.74) is 6.37. The molecule has 0 atom stereocenters. The first-order valence-corrected chi connectivity index (χ1v) is 4.74. The molecule has 0 saturated heterocycles. The lowest BCUT2D eigenvalue weighted by Crippen LogP contribution is -1.93. The zero-order valence-electron chi connectivity index (χ0n) is 6.99. The molecule has 1 heterocycles. The van der Waals surface area contributed by atoms with Gasteiger partial charge in [0.05, 0.1) is 11.6 Å². The number of nitrogens with two attached hydrogens (primary N) is 1. The van der Waals surface area contributed by atoms with Crippen molar-refractivity contribution in [3.63, 3.8) is 0 Å². The Hall–Kier alpha value is -0.740. The van der Waals surface area contributed by atoms with Crippen molar-refractivity contribution in [2.75, 3.05) is 18.3 Å². The first-order valence-electron chi connectivity index (χ1n) is 3.75. The number of hydrogen-bond acceptors (Lipinski definition) is 4. The summed E-state index contributed by atoms with van der Waals surface area (Å²) in [6.45, 7) is 2.68. The predicted octanol–water partition coefficient (Wildman–Crippen LogP) is 1.75. The molecule has 0 saturated carbocycles. The molecule has 0 bridgehead atoms. The highest BCUT2D eigenvalue weighted by atomic mass is 32.2. The molecule has 2 N–H and O–H groups in total. The number of rotatable bonds is 4. The molecular weight excluding hydrogens is 172 g/mol. The summed E-state index contributed by atoms with van der Waals surface area (Å²) < 4.78 is 5.16. The van der Waals surface area contributed by atoms with E-state index >= 15 is 0 Å². The summed E-state index contributed by atoms with van der Waals surface area (Å²) in [5.74, 6) is 0.609. The van der Waals surface area contributed by atoms with E-state index in [1.807, 2.05) is 19.1 Å². The minimum atomic E-state index is 0.609. The molecule has 12 heavy (non-hydrogen) atoms. The van der Waals surface area contributed by atoms with Gasteiger partial charge in [0, 0.05) is 12.8 Å². The van der Waals surface area contributed by atoms with Gasteiger partial charge in [-0.25, -0.2) is 4.98 Å². The van der Waals surface area contributed by atoms with E-state index in [9.17, 15) is 0 Å². The van der Waals surface area contributed by atoms with E-state index in [0.29, 0.717) is 11.6 Å². The normalized spacial score (nSPS) is 10.1. The van der Waals surface area contributed by atoms with Crippen LogP contribution in [-0.2, 0) is 4.74 Å². The van der Waals surface area contributed by atoms with Crippen LogP contribution in [-0.4, -0.2) is 17.5 Å². The zero-order valence-corrected chi connectivity index (χ0v) is 7.80. The maximum atomic E-state index is 5.66. The van der Waals surface area contributed by atoms with Gasteiger partial charge in [-0.15, -0.1) is 0 Å². The van der Waals surface area contributed by atoms with Crippen LogP contribution in [0.5, 0.6) is 0 Å². The van der Waals surface area contributed by atoms with Crippen LogP contribution >= 0.6 is 11.8 Å². The third kappa shape index (κ3) is 2.71.